The molecule has 0 spiro atoms. The Hall–Kier alpha value is -2.86. The van der Waals surface area contributed by atoms with E-state index in [0.29, 0.717) is 15.9 Å². The lowest BCUT2D eigenvalue weighted by Gasteiger charge is -2.22. The van der Waals surface area contributed by atoms with E-state index in [0.717, 1.165) is 16.9 Å². The molecule has 1 fully saturated rings. The maximum Gasteiger partial charge on any atom is 0.264 e. The van der Waals surface area contributed by atoms with Crippen molar-refractivity contribution >= 4 is 34.7 Å². The van der Waals surface area contributed by atoms with Crippen molar-refractivity contribution in [3.8, 4) is 5.75 Å². The smallest absolute Gasteiger partial charge is 0.264 e. The largest absolute Gasteiger partial charge is 0.485 e. The van der Waals surface area contributed by atoms with E-state index < -0.39 is 0 Å². The Morgan fingerprint density at radius 1 is 1.24 bits per heavy atom. The van der Waals surface area contributed by atoms with E-state index in [9.17, 15) is 4.79 Å². The number of carbonyl (C=O) groups is 1. The number of hydrogen-bond acceptors (Lipinski definition) is 5. The van der Waals surface area contributed by atoms with Crippen molar-refractivity contribution in [1.82, 2.24) is 10.3 Å². The molecule has 1 amide bonds. The molecule has 0 radical (unpaired) electrons. The van der Waals surface area contributed by atoms with Crippen LogP contribution in [0.2, 0.25) is 0 Å². The fraction of sp³-hybridized carbons (Fsp3) is 0.105. The summed E-state index contributed by atoms with van der Waals surface area (Å²) in [6, 6.07) is 13.3. The number of pyridine rings is 1. The Balaban J connectivity index is 1.61. The van der Waals surface area contributed by atoms with E-state index in [1.165, 1.54) is 11.8 Å². The molecule has 1 aromatic heterocycles. The van der Waals surface area contributed by atoms with Gasteiger partial charge in [0.15, 0.2) is 11.0 Å². The topological polar surface area (TPSA) is 63.6 Å². The van der Waals surface area contributed by atoms with E-state index in [4.69, 9.17) is 4.74 Å². The van der Waals surface area contributed by atoms with Gasteiger partial charge in [-0.15, -0.1) is 0 Å². The number of amides is 1. The second-order valence-electron chi connectivity index (χ2n) is 5.61. The molecule has 25 heavy (non-hydrogen) atoms. The van der Waals surface area contributed by atoms with Crippen molar-refractivity contribution in [2.45, 2.75) is 13.0 Å². The first kappa shape index (κ1) is 15.7. The second-order valence-corrected chi connectivity index (χ2v) is 6.64. The third-order valence-electron chi connectivity index (χ3n) is 3.83. The Morgan fingerprint density at radius 2 is 2.08 bits per heavy atom. The van der Waals surface area contributed by atoms with E-state index in [1.807, 2.05) is 49.4 Å². The highest BCUT2D eigenvalue weighted by Gasteiger charge is 2.26. The van der Waals surface area contributed by atoms with Crippen molar-refractivity contribution in [2.24, 2.45) is 4.99 Å². The second kappa shape index (κ2) is 6.57. The highest BCUT2D eigenvalue weighted by atomic mass is 32.2. The first-order valence-electron chi connectivity index (χ1n) is 7.87. The number of carbonyl (C=O) groups excluding carboxylic acids is 1. The Kier molecular flexibility index (Phi) is 4.11. The van der Waals surface area contributed by atoms with Gasteiger partial charge in [0.25, 0.3) is 5.91 Å². The van der Waals surface area contributed by atoms with Crippen molar-refractivity contribution < 1.29 is 9.53 Å². The van der Waals surface area contributed by atoms with Gasteiger partial charge in [-0.05, 0) is 54.6 Å². The number of amidine groups is 1. The zero-order valence-corrected chi connectivity index (χ0v) is 14.3. The van der Waals surface area contributed by atoms with E-state index in [1.54, 1.807) is 12.3 Å². The molecule has 1 saturated heterocycles. The number of fused-ring (bicyclic) bond motifs is 1. The van der Waals surface area contributed by atoms with Crippen molar-refractivity contribution in [3.63, 3.8) is 0 Å². The Labute approximate surface area is 149 Å². The average molecular weight is 349 g/mol. The van der Waals surface area contributed by atoms with Crippen LogP contribution in [-0.4, -0.2) is 22.2 Å². The number of rotatable bonds is 2. The van der Waals surface area contributed by atoms with Crippen LogP contribution in [0.1, 0.15) is 12.5 Å². The molecule has 3 heterocycles. The predicted molar refractivity (Wildman–Crippen MR) is 99.7 cm³/mol. The van der Waals surface area contributed by atoms with Gasteiger partial charge in [0.05, 0.1) is 4.91 Å². The normalized spacial score (nSPS) is 22.4. The fourth-order valence-corrected chi connectivity index (χ4v) is 3.41. The van der Waals surface area contributed by atoms with Gasteiger partial charge >= 0.3 is 0 Å². The average Bonchev–Trinajstić information content (AvgIpc) is 2.95. The zero-order chi connectivity index (χ0) is 17.2. The summed E-state index contributed by atoms with van der Waals surface area (Å²) >= 11 is 1.30. The number of benzene rings is 1. The standard InChI is InChI=1S/C19H15N3O2S/c1-12-14(10-13-6-2-3-7-15(13)24-12)11-16-18(23)22-19(25-16)21-17-8-4-5-9-20-17/h2-12H,1H3,(H,20,21,22,23)/b16-11-/t12-/m0/s1. The number of hydrogen-bond donors (Lipinski definition) is 1. The zero-order valence-electron chi connectivity index (χ0n) is 13.5. The van der Waals surface area contributed by atoms with Crippen LogP contribution >= 0.6 is 11.8 Å². The van der Waals surface area contributed by atoms with Crippen molar-refractivity contribution in [1.29, 1.82) is 0 Å². The molecule has 6 heteroatoms. The number of aliphatic imine (C=N–C) groups is 1. The number of thioether (sulfide) groups is 1. The lowest BCUT2D eigenvalue weighted by Crippen LogP contribution is -2.20. The first-order chi connectivity index (χ1) is 12.2. The van der Waals surface area contributed by atoms with Crippen LogP contribution < -0.4 is 10.1 Å². The van der Waals surface area contributed by atoms with Crippen LogP contribution in [0.3, 0.4) is 0 Å². The van der Waals surface area contributed by atoms with Crippen LogP contribution in [-0.2, 0) is 4.79 Å². The minimum absolute atomic E-state index is 0.118. The lowest BCUT2D eigenvalue weighted by atomic mass is 10.0. The number of aromatic nitrogens is 1. The molecule has 2 aliphatic rings. The quantitative estimate of drug-likeness (QED) is 0.840. The third-order valence-corrected chi connectivity index (χ3v) is 4.74. The Bertz CT molecular complexity index is 919. The lowest BCUT2D eigenvalue weighted by molar-refractivity contribution is -0.115. The fourth-order valence-electron chi connectivity index (χ4n) is 2.58. The van der Waals surface area contributed by atoms with Gasteiger partial charge in [0.1, 0.15) is 11.9 Å². The molecule has 1 atom stereocenters. The van der Waals surface area contributed by atoms with Gasteiger partial charge in [-0.1, -0.05) is 24.3 Å². The van der Waals surface area contributed by atoms with Gasteiger partial charge in [-0.2, -0.15) is 0 Å². The predicted octanol–water partition coefficient (Wildman–Crippen LogP) is 3.68. The number of ether oxygens (including phenoxy) is 1. The summed E-state index contributed by atoms with van der Waals surface area (Å²) in [6.45, 7) is 1.97. The first-order valence-corrected chi connectivity index (χ1v) is 8.68. The van der Waals surface area contributed by atoms with Crippen LogP contribution in [0.5, 0.6) is 5.75 Å². The minimum atomic E-state index is -0.161. The number of para-hydroxylation sites is 1. The van der Waals surface area contributed by atoms with Crippen molar-refractivity contribution in [2.75, 3.05) is 0 Å². The number of nitrogens with one attached hydrogen (secondary N) is 1. The number of nitrogens with zero attached hydrogens (tertiary/aromatic N) is 2. The molecule has 5 nitrogen and oxygen atoms in total. The third kappa shape index (κ3) is 3.34. The maximum absolute atomic E-state index is 12.2. The van der Waals surface area contributed by atoms with Gasteiger partial charge in [-0.25, -0.2) is 9.98 Å². The van der Waals surface area contributed by atoms with E-state index in [-0.39, 0.29) is 12.0 Å². The van der Waals surface area contributed by atoms with Gasteiger partial charge in [-0.3, -0.25) is 4.79 Å². The molecule has 0 unspecified atom stereocenters. The maximum atomic E-state index is 12.2. The van der Waals surface area contributed by atoms with Crippen LogP contribution in [0.15, 0.2) is 70.2 Å². The Morgan fingerprint density at radius 3 is 2.92 bits per heavy atom. The highest BCUT2D eigenvalue weighted by molar-refractivity contribution is 8.18. The van der Waals surface area contributed by atoms with Gasteiger partial charge in [0, 0.05) is 11.8 Å². The molecule has 2 aromatic rings. The molecule has 124 valence electrons. The summed E-state index contributed by atoms with van der Waals surface area (Å²) in [7, 11) is 0. The van der Waals surface area contributed by atoms with Crippen LogP contribution in [0.4, 0.5) is 5.82 Å². The molecule has 1 N–H and O–H groups in total. The van der Waals surface area contributed by atoms with Gasteiger partial charge < -0.3 is 10.1 Å². The molecule has 0 saturated carbocycles. The molecular weight excluding hydrogens is 334 g/mol. The highest BCUT2D eigenvalue weighted by Crippen LogP contribution is 2.33. The molecular formula is C19H15N3O2S. The van der Waals surface area contributed by atoms with Gasteiger partial charge in [0.2, 0.25) is 0 Å². The molecule has 0 bridgehead atoms. The van der Waals surface area contributed by atoms with E-state index >= 15 is 0 Å². The van der Waals surface area contributed by atoms with Crippen LogP contribution in [0.25, 0.3) is 6.08 Å². The molecule has 2 aliphatic heterocycles. The van der Waals surface area contributed by atoms with E-state index in [2.05, 4.69) is 21.4 Å². The van der Waals surface area contributed by atoms with Crippen LogP contribution in [0, 0.1) is 0 Å². The summed E-state index contributed by atoms with van der Waals surface area (Å²) in [6.07, 6.45) is 5.47. The summed E-state index contributed by atoms with van der Waals surface area (Å²) in [5.41, 5.74) is 1.97. The summed E-state index contributed by atoms with van der Waals surface area (Å²) in [4.78, 5) is 21.3. The molecule has 1 aromatic carbocycles. The summed E-state index contributed by atoms with van der Waals surface area (Å²) in [5, 5.41) is 3.30. The summed E-state index contributed by atoms with van der Waals surface area (Å²) < 4.78 is 5.92. The molecule has 0 aliphatic carbocycles. The SMILES string of the molecule is C[C@@H]1Oc2ccccc2C=C1/C=C1\SC(=Nc2ccccn2)NC1=O. The van der Waals surface area contributed by atoms with Crippen molar-refractivity contribution in [3.05, 3.63) is 70.8 Å². The molecule has 4 rings (SSSR count). The summed E-state index contributed by atoms with van der Waals surface area (Å²) in [5.74, 6) is 1.26. The monoisotopic (exact) mass is 349 g/mol. The minimum Gasteiger partial charge on any atom is -0.485 e.